The van der Waals surface area contributed by atoms with Gasteiger partial charge in [0.1, 0.15) is 0 Å². The number of hydrogen-bond donors (Lipinski definition) is 4. The van der Waals surface area contributed by atoms with Crippen molar-refractivity contribution in [3.05, 3.63) is 65.2 Å². The third-order valence-electron chi connectivity index (χ3n) is 4.62. The summed E-state index contributed by atoms with van der Waals surface area (Å²) in [6, 6.07) is 15.3. The lowest BCUT2D eigenvalue weighted by Crippen LogP contribution is -2.39. The van der Waals surface area contributed by atoms with E-state index >= 15 is 0 Å². The van der Waals surface area contributed by atoms with Crippen molar-refractivity contribution in [1.29, 1.82) is 0 Å². The highest BCUT2D eigenvalue weighted by molar-refractivity contribution is 5.90. The first kappa shape index (κ1) is 22.4. The van der Waals surface area contributed by atoms with Crippen LogP contribution in [0.25, 0.3) is 0 Å². The second-order valence-corrected chi connectivity index (χ2v) is 7.30. The van der Waals surface area contributed by atoms with Crippen LogP contribution < -0.4 is 16.0 Å². The van der Waals surface area contributed by atoms with Crippen LogP contribution in [0.1, 0.15) is 36.5 Å². The highest BCUT2D eigenvalue weighted by atomic mass is 16.3. The Balaban J connectivity index is 1.72. The fraction of sp³-hybridized carbons (Fsp3) is 0.391. The maximum atomic E-state index is 12.1. The highest BCUT2D eigenvalue weighted by Crippen LogP contribution is 2.11. The van der Waals surface area contributed by atoms with E-state index in [9.17, 15) is 14.7 Å². The molecule has 0 spiro atoms. The van der Waals surface area contributed by atoms with Gasteiger partial charge in [-0.25, -0.2) is 4.79 Å². The number of benzene rings is 2. The Morgan fingerprint density at radius 2 is 1.62 bits per heavy atom. The van der Waals surface area contributed by atoms with Crippen molar-refractivity contribution in [2.24, 2.45) is 5.92 Å². The first-order chi connectivity index (χ1) is 14.0. The van der Waals surface area contributed by atoms with E-state index in [1.165, 1.54) is 5.56 Å². The number of aliphatic hydroxyl groups excluding tert-OH is 1. The Hall–Kier alpha value is -2.86. The summed E-state index contributed by atoms with van der Waals surface area (Å²) in [5.74, 6) is -0.0312. The van der Waals surface area contributed by atoms with Crippen molar-refractivity contribution in [2.75, 3.05) is 18.5 Å². The molecule has 6 nitrogen and oxygen atoms in total. The number of aliphatic hydroxyl groups is 1. The summed E-state index contributed by atoms with van der Waals surface area (Å²) < 4.78 is 0. The summed E-state index contributed by atoms with van der Waals surface area (Å²) in [6.07, 6.45) is 2.02. The van der Waals surface area contributed by atoms with Crippen LogP contribution in [0.2, 0.25) is 0 Å². The molecular weight excluding hydrogens is 366 g/mol. The molecule has 3 amide bonds. The van der Waals surface area contributed by atoms with E-state index in [1.54, 1.807) is 0 Å². The van der Waals surface area contributed by atoms with Gasteiger partial charge >= 0.3 is 6.03 Å². The molecule has 0 aromatic heterocycles. The summed E-state index contributed by atoms with van der Waals surface area (Å²) in [5, 5.41) is 18.0. The van der Waals surface area contributed by atoms with E-state index in [0.29, 0.717) is 25.9 Å². The lowest BCUT2D eigenvalue weighted by atomic mass is 9.99. The Morgan fingerprint density at radius 1 is 0.966 bits per heavy atom. The number of carbonyl (C=O) groups excluding carboxylic acids is 2. The minimum absolute atomic E-state index is 0.00169. The molecule has 6 heteroatoms. The summed E-state index contributed by atoms with van der Waals surface area (Å²) in [4.78, 5) is 23.7. The van der Waals surface area contributed by atoms with Crippen LogP contribution in [0.4, 0.5) is 10.5 Å². The van der Waals surface area contributed by atoms with Crippen molar-refractivity contribution in [3.8, 4) is 0 Å². The predicted octanol–water partition coefficient (Wildman–Crippen LogP) is 3.38. The topological polar surface area (TPSA) is 90.5 Å². The average Bonchev–Trinajstić information content (AvgIpc) is 2.72. The molecule has 156 valence electrons. The van der Waals surface area contributed by atoms with Gasteiger partial charge in [-0.1, -0.05) is 48.9 Å². The molecule has 0 aliphatic rings. The van der Waals surface area contributed by atoms with Crippen LogP contribution in [0.5, 0.6) is 0 Å². The molecule has 0 heterocycles. The van der Waals surface area contributed by atoms with Gasteiger partial charge in [-0.2, -0.15) is 0 Å². The predicted molar refractivity (Wildman–Crippen MR) is 116 cm³/mol. The normalized spacial score (nSPS) is 11.6. The van der Waals surface area contributed by atoms with Crippen molar-refractivity contribution in [2.45, 2.75) is 39.7 Å². The van der Waals surface area contributed by atoms with Crippen LogP contribution in [0.15, 0.2) is 48.5 Å². The van der Waals surface area contributed by atoms with E-state index in [0.717, 1.165) is 23.2 Å². The second kappa shape index (κ2) is 11.9. The van der Waals surface area contributed by atoms with Crippen molar-refractivity contribution < 1.29 is 14.7 Å². The van der Waals surface area contributed by atoms with Gasteiger partial charge in [-0.3, -0.25) is 4.79 Å². The number of amides is 3. The maximum absolute atomic E-state index is 12.1. The van der Waals surface area contributed by atoms with Gasteiger partial charge in [-0.15, -0.1) is 0 Å². The minimum atomic E-state index is -0.271. The molecule has 0 saturated carbocycles. The number of carbonyl (C=O) groups is 2. The molecule has 0 bridgehead atoms. The molecule has 4 N–H and O–H groups in total. The zero-order valence-corrected chi connectivity index (χ0v) is 17.2. The van der Waals surface area contributed by atoms with Crippen molar-refractivity contribution >= 4 is 17.6 Å². The van der Waals surface area contributed by atoms with Crippen molar-refractivity contribution in [1.82, 2.24) is 10.6 Å². The van der Waals surface area contributed by atoms with E-state index in [1.807, 2.05) is 62.4 Å². The zero-order chi connectivity index (χ0) is 21.1. The van der Waals surface area contributed by atoms with Crippen molar-refractivity contribution in [3.63, 3.8) is 0 Å². The fourth-order valence-corrected chi connectivity index (χ4v) is 2.90. The van der Waals surface area contributed by atoms with Gasteiger partial charge in [0, 0.05) is 37.7 Å². The zero-order valence-electron chi connectivity index (χ0n) is 17.2. The quantitative estimate of drug-likeness (QED) is 0.495. The molecule has 0 aliphatic carbocycles. The summed E-state index contributed by atoms with van der Waals surface area (Å²) in [5.41, 5.74) is 4.02. The minimum Gasteiger partial charge on any atom is -0.396 e. The summed E-state index contributed by atoms with van der Waals surface area (Å²) in [6.45, 7) is 4.80. The summed E-state index contributed by atoms with van der Waals surface area (Å²) >= 11 is 0. The number of aryl methyl sites for hydroxylation is 1. The Labute approximate surface area is 172 Å². The van der Waals surface area contributed by atoms with Crippen LogP contribution in [0, 0.1) is 12.8 Å². The van der Waals surface area contributed by atoms with E-state index in [4.69, 9.17) is 0 Å². The highest BCUT2D eigenvalue weighted by Gasteiger charge is 2.11. The van der Waals surface area contributed by atoms with Crippen LogP contribution in [-0.4, -0.2) is 30.2 Å². The standard InChI is InChI=1S/C23H31N3O3/c1-3-4-22(28)26-21-11-9-19(10-12-21)14-24-23(29)25-15-20(16-27)13-18-7-5-17(2)6-8-18/h5-12,20,27H,3-4,13-16H2,1-2H3,(H,26,28)(H2,24,25,29)/t20-/m1/s1. The largest absolute Gasteiger partial charge is 0.396 e. The monoisotopic (exact) mass is 397 g/mol. The second-order valence-electron chi connectivity index (χ2n) is 7.30. The maximum Gasteiger partial charge on any atom is 0.315 e. The number of anilines is 1. The van der Waals surface area contributed by atoms with Crippen LogP contribution in [0.3, 0.4) is 0 Å². The molecule has 0 aliphatic heterocycles. The third kappa shape index (κ3) is 8.35. The van der Waals surface area contributed by atoms with Gasteiger partial charge in [0.15, 0.2) is 0 Å². The number of hydrogen-bond acceptors (Lipinski definition) is 3. The smallest absolute Gasteiger partial charge is 0.315 e. The van der Waals surface area contributed by atoms with E-state index in [2.05, 4.69) is 16.0 Å². The molecule has 0 unspecified atom stereocenters. The Morgan fingerprint density at radius 3 is 2.24 bits per heavy atom. The molecule has 2 rings (SSSR count). The lowest BCUT2D eigenvalue weighted by Gasteiger charge is -2.16. The molecule has 0 saturated heterocycles. The van der Waals surface area contributed by atoms with E-state index < -0.39 is 0 Å². The Kier molecular flexibility index (Phi) is 9.18. The van der Waals surface area contributed by atoms with Crippen LogP contribution >= 0.6 is 0 Å². The summed E-state index contributed by atoms with van der Waals surface area (Å²) in [7, 11) is 0. The van der Waals surface area contributed by atoms with Gasteiger partial charge in [0.2, 0.25) is 5.91 Å². The Bertz CT molecular complexity index is 773. The number of urea groups is 1. The van der Waals surface area contributed by atoms with Gasteiger partial charge < -0.3 is 21.1 Å². The van der Waals surface area contributed by atoms with Crippen LogP contribution in [-0.2, 0) is 17.8 Å². The first-order valence-electron chi connectivity index (χ1n) is 10.1. The van der Waals surface area contributed by atoms with Gasteiger partial charge in [-0.05, 0) is 43.0 Å². The third-order valence-corrected chi connectivity index (χ3v) is 4.62. The number of rotatable bonds is 10. The van der Waals surface area contributed by atoms with E-state index in [-0.39, 0.29) is 24.5 Å². The lowest BCUT2D eigenvalue weighted by molar-refractivity contribution is -0.116. The molecule has 2 aromatic carbocycles. The molecule has 0 fully saturated rings. The molecular formula is C23H31N3O3. The fourth-order valence-electron chi connectivity index (χ4n) is 2.90. The first-order valence-corrected chi connectivity index (χ1v) is 10.1. The SMILES string of the molecule is CCCC(=O)Nc1ccc(CNC(=O)NC[C@H](CO)Cc2ccc(C)cc2)cc1. The molecule has 0 radical (unpaired) electrons. The molecule has 2 aromatic rings. The average molecular weight is 398 g/mol. The number of nitrogens with one attached hydrogen (secondary N) is 3. The van der Waals surface area contributed by atoms with Gasteiger partial charge in [0.05, 0.1) is 0 Å². The van der Waals surface area contributed by atoms with Gasteiger partial charge in [0.25, 0.3) is 0 Å². The molecule has 29 heavy (non-hydrogen) atoms. The molecule has 1 atom stereocenters.